The summed E-state index contributed by atoms with van der Waals surface area (Å²) in [6.45, 7) is -0.200. The predicted molar refractivity (Wildman–Crippen MR) is 114 cm³/mol. The van der Waals surface area contributed by atoms with Gasteiger partial charge in [-0.3, -0.25) is 14.5 Å². The maximum Gasteiger partial charge on any atom is 0.340 e. The highest BCUT2D eigenvalue weighted by molar-refractivity contribution is 7.88. The molecule has 0 saturated carbocycles. The largest absolute Gasteiger partial charge is 0.398 e. The highest BCUT2D eigenvalue weighted by atomic mass is 32.2. The van der Waals surface area contributed by atoms with Crippen LogP contribution in [0, 0.1) is 0 Å². The molecule has 2 saturated heterocycles. The first-order valence-electron chi connectivity index (χ1n) is 9.29. The Labute approximate surface area is 196 Å². The first-order chi connectivity index (χ1) is 15.9. The van der Waals surface area contributed by atoms with Crippen molar-refractivity contribution in [3.8, 4) is 0 Å². The maximum atomic E-state index is 12.4. The van der Waals surface area contributed by atoms with Crippen LogP contribution in [0.5, 0.6) is 0 Å². The number of nitrogen functional groups attached to an aromatic ring is 1. The monoisotopic (exact) mass is 517 g/mol. The molecule has 0 aliphatic carbocycles. The summed E-state index contributed by atoms with van der Waals surface area (Å²) in [5.41, 5.74) is 5.37. The van der Waals surface area contributed by atoms with Crippen molar-refractivity contribution < 1.29 is 37.2 Å². The van der Waals surface area contributed by atoms with Gasteiger partial charge in [0.25, 0.3) is 11.8 Å². The van der Waals surface area contributed by atoms with E-state index in [2.05, 4.69) is 20.3 Å². The molecule has 0 bridgehead atoms. The summed E-state index contributed by atoms with van der Waals surface area (Å²) in [5.74, 6) is -1.76. The van der Waals surface area contributed by atoms with Gasteiger partial charge in [0.05, 0.1) is 6.54 Å². The number of likely N-dealkylation sites (tertiary alicyclic amines) is 1. The molecule has 3 rings (SSSR count). The van der Waals surface area contributed by atoms with Crippen LogP contribution in [0.4, 0.5) is 19.5 Å². The zero-order valence-electron chi connectivity index (χ0n) is 17.7. The molecule has 19 heteroatoms. The number of nitrogens with one attached hydrogen (secondary N) is 3. The molecule has 0 radical (unpaired) electrons. The lowest BCUT2D eigenvalue weighted by atomic mass is 10.1. The minimum atomic E-state index is -4.75. The first kappa shape index (κ1) is 24.6. The smallest absolute Gasteiger partial charge is 0.340 e. The number of anilines is 1. The van der Waals surface area contributed by atoms with Crippen LogP contribution >= 0.6 is 11.3 Å². The summed E-state index contributed by atoms with van der Waals surface area (Å²) in [7, 11) is -2.13. The number of oxime groups is 1. The van der Waals surface area contributed by atoms with Gasteiger partial charge in [-0.2, -0.15) is 8.42 Å². The number of carbonyl (C=O) groups is 5. The Balaban J connectivity index is 1.54. The Morgan fingerprint density at radius 3 is 2.35 bits per heavy atom. The minimum absolute atomic E-state index is 0.0432. The van der Waals surface area contributed by atoms with Gasteiger partial charge in [0.2, 0.25) is 0 Å². The van der Waals surface area contributed by atoms with Gasteiger partial charge in [-0.25, -0.2) is 33.7 Å². The lowest BCUT2D eigenvalue weighted by Crippen LogP contribution is -2.68. The second-order valence-corrected chi connectivity index (χ2v) is 9.15. The number of nitrogens with two attached hydrogens (primary N) is 1. The predicted octanol–water partition coefficient (Wildman–Crippen LogP) is -2.57. The number of imide groups is 2. The van der Waals surface area contributed by atoms with Gasteiger partial charge in [-0.1, -0.05) is 5.16 Å². The second kappa shape index (κ2) is 9.47. The molecule has 17 nitrogen and oxygen atoms in total. The van der Waals surface area contributed by atoms with E-state index in [-0.39, 0.29) is 36.2 Å². The number of β-lactam (4-membered cyclic amide) rings is 1. The van der Waals surface area contributed by atoms with E-state index >= 15 is 0 Å². The van der Waals surface area contributed by atoms with Crippen molar-refractivity contribution in [1.29, 1.82) is 0 Å². The van der Waals surface area contributed by atoms with E-state index in [1.165, 1.54) is 33.9 Å². The molecule has 2 aliphatic heterocycles. The van der Waals surface area contributed by atoms with Gasteiger partial charge in [0.1, 0.15) is 18.8 Å². The molecule has 3 heterocycles. The zero-order chi connectivity index (χ0) is 25.2. The third-order valence-corrected chi connectivity index (χ3v) is 6.11. The zero-order valence-corrected chi connectivity index (χ0v) is 19.3. The Bertz CT molecular complexity index is 1180. The average Bonchev–Trinajstić information content (AvgIpc) is 3.32. The van der Waals surface area contributed by atoms with Crippen molar-refractivity contribution in [1.82, 2.24) is 34.4 Å². The molecule has 5 N–H and O–H groups in total. The summed E-state index contributed by atoms with van der Waals surface area (Å²) >= 11 is 1.05. The molecule has 2 fully saturated rings. The summed E-state index contributed by atoms with van der Waals surface area (Å²) in [4.78, 5) is 71.5. The van der Waals surface area contributed by atoms with Gasteiger partial charge in [-0.05, 0) is 0 Å². The van der Waals surface area contributed by atoms with Crippen LogP contribution in [0.3, 0.4) is 0 Å². The van der Waals surface area contributed by atoms with Crippen LogP contribution in [0.25, 0.3) is 0 Å². The fraction of sp³-hybridized carbons (Fsp3) is 0.400. The van der Waals surface area contributed by atoms with E-state index in [1.54, 1.807) is 0 Å². The van der Waals surface area contributed by atoms with Crippen molar-refractivity contribution in [2.75, 3.05) is 39.5 Å². The number of rotatable bonds is 6. The Kier molecular flexibility index (Phi) is 6.86. The summed E-state index contributed by atoms with van der Waals surface area (Å²) < 4.78 is 27.1. The van der Waals surface area contributed by atoms with Crippen LogP contribution in [-0.4, -0.2) is 104 Å². The second-order valence-electron chi connectivity index (χ2n) is 6.84. The van der Waals surface area contributed by atoms with E-state index < -0.39 is 46.2 Å². The quantitative estimate of drug-likeness (QED) is 0.175. The third kappa shape index (κ3) is 5.14. The third-order valence-electron chi connectivity index (χ3n) is 4.55. The first-order valence-corrected chi connectivity index (χ1v) is 11.7. The van der Waals surface area contributed by atoms with Crippen molar-refractivity contribution in [2.45, 2.75) is 6.04 Å². The Morgan fingerprint density at radius 1 is 1.21 bits per heavy atom. The number of hydrogen-bond donors (Lipinski definition) is 4. The summed E-state index contributed by atoms with van der Waals surface area (Å²) in [6.07, 6.45) is 0. The van der Waals surface area contributed by atoms with E-state index in [1.807, 2.05) is 0 Å². The normalized spacial score (nSPS) is 18.5. The minimum Gasteiger partial charge on any atom is -0.398 e. The van der Waals surface area contributed by atoms with Crippen LogP contribution in [-0.2, 0) is 24.6 Å². The highest BCUT2D eigenvalue weighted by Gasteiger charge is 2.44. The SMILES string of the molecule is CON=C(C(=O)N[C@H]1CN(C(=O)NS(=O)(=O)NC(=O)N2CCN(C)C2=O)C1=O)c1csc(N)n1. The molecule has 1 aromatic rings. The fourth-order valence-corrected chi connectivity index (χ4v) is 4.12. The van der Waals surface area contributed by atoms with Crippen LogP contribution < -0.4 is 20.5 Å². The molecule has 8 amide bonds. The number of hydrogen-bond acceptors (Lipinski definition) is 12. The van der Waals surface area contributed by atoms with Crippen LogP contribution in [0.15, 0.2) is 10.5 Å². The number of nitrogens with zero attached hydrogens (tertiary/aromatic N) is 5. The van der Waals surface area contributed by atoms with Gasteiger partial charge >= 0.3 is 28.3 Å². The molecular formula is C15H19N9O8S2. The van der Waals surface area contributed by atoms with Crippen molar-refractivity contribution >= 4 is 62.3 Å². The summed E-state index contributed by atoms with van der Waals surface area (Å²) in [6, 6.07) is -4.50. The molecule has 0 spiro atoms. The molecule has 34 heavy (non-hydrogen) atoms. The topological polar surface area (TPSA) is 226 Å². The fourth-order valence-electron chi connectivity index (χ4n) is 2.84. The van der Waals surface area contributed by atoms with Crippen molar-refractivity contribution in [3.05, 3.63) is 11.1 Å². The van der Waals surface area contributed by atoms with E-state index in [9.17, 15) is 32.4 Å². The standard InChI is InChI=1S/C15H19N9O8S2/c1-22-3-4-23(15(22)29)13(27)20-34(30,31)21-14(28)24-5-7(11(24)26)17-10(25)9(19-32-2)8-6-33-12(16)18-8/h6-7H,3-5H2,1-2H3,(H2,16,18)(H,17,25)(H,20,27)(H,21,28)/t7-/m0/s1. The molecule has 0 unspecified atom stereocenters. The number of amides is 8. The molecule has 2 aliphatic rings. The molecule has 184 valence electrons. The number of carbonyl (C=O) groups excluding carboxylic acids is 5. The number of likely N-dealkylation sites (N-methyl/N-ethyl adjacent to an activating group) is 1. The average molecular weight is 518 g/mol. The van der Waals surface area contributed by atoms with Gasteiger partial charge in [0, 0.05) is 25.5 Å². The lowest BCUT2D eigenvalue weighted by Gasteiger charge is -2.36. The lowest BCUT2D eigenvalue weighted by molar-refractivity contribution is -0.141. The number of aromatic nitrogens is 1. The van der Waals surface area contributed by atoms with E-state index in [4.69, 9.17) is 5.73 Å². The number of thiazole rings is 1. The highest BCUT2D eigenvalue weighted by Crippen LogP contribution is 2.15. The molecular weight excluding hydrogens is 498 g/mol. The molecule has 0 aromatic carbocycles. The van der Waals surface area contributed by atoms with Gasteiger partial charge in [0.15, 0.2) is 10.8 Å². The van der Waals surface area contributed by atoms with Crippen molar-refractivity contribution in [3.63, 3.8) is 0 Å². The number of urea groups is 3. The van der Waals surface area contributed by atoms with Crippen molar-refractivity contribution in [2.24, 2.45) is 5.16 Å². The Morgan fingerprint density at radius 2 is 1.85 bits per heavy atom. The van der Waals surface area contributed by atoms with Crippen LogP contribution in [0.1, 0.15) is 5.69 Å². The molecule has 1 aromatic heterocycles. The summed E-state index contributed by atoms with van der Waals surface area (Å²) in [5, 5.41) is 7.49. The van der Waals surface area contributed by atoms with Gasteiger partial charge < -0.3 is 20.8 Å². The maximum absolute atomic E-state index is 12.4. The Hall–Kier alpha value is -4.00. The molecule has 1 atom stereocenters. The van der Waals surface area contributed by atoms with Gasteiger partial charge in [-0.15, -0.1) is 11.3 Å². The van der Waals surface area contributed by atoms with E-state index in [0.717, 1.165) is 11.3 Å². The van der Waals surface area contributed by atoms with E-state index in [0.29, 0.717) is 9.80 Å². The van der Waals surface area contributed by atoms with Crippen LogP contribution in [0.2, 0.25) is 0 Å².